The molecule has 1 aromatic heterocycles. The first-order valence-electron chi connectivity index (χ1n) is 6.35. The molecule has 0 aliphatic carbocycles. The zero-order valence-electron chi connectivity index (χ0n) is 11.7. The van der Waals surface area contributed by atoms with E-state index in [1.54, 1.807) is 20.0 Å². The topological polar surface area (TPSA) is 67.3 Å². The fourth-order valence-electron chi connectivity index (χ4n) is 1.33. The fourth-order valence-corrected chi connectivity index (χ4v) is 1.33. The van der Waals surface area contributed by atoms with E-state index in [9.17, 15) is 5.11 Å². The summed E-state index contributed by atoms with van der Waals surface area (Å²) >= 11 is 0. The molecule has 1 heterocycles. The monoisotopic (exact) mass is 269 g/mol. The van der Waals surface area contributed by atoms with Gasteiger partial charge in [-0.05, 0) is 27.2 Å². The predicted octanol–water partition coefficient (Wildman–Crippen LogP) is 2.78. The number of rotatable bonds is 7. The second-order valence-corrected chi connectivity index (χ2v) is 5.01. The molecule has 2 N–H and O–H groups in total. The zero-order valence-corrected chi connectivity index (χ0v) is 11.7. The van der Waals surface area contributed by atoms with Gasteiger partial charge in [0, 0.05) is 6.54 Å². The minimum atomic E-state index is -0.869. The highest BCUT2D eigenvalue weighted by molar-refractivity contribution is 5.48. The Morgan fingerprint density at radius 1 is 1.42 bits per heavy atom. The molecule has 0 aliphatic heterocycles. The molecule has 0 saturated heterocycles. The van der Waals surface area contributed by atoms with Gasteiger partial charge in [0.1, 0.15) is 12.4 Å². The number of nitrogens with one attached hydrogen (secondary N) is 1. The number of aliphatic hydroxyl groups is 1. The molecule has 0 saturated carbocycles. The molecule has 0 aliphatic rings. The third-order valence-electron chi connectivity index (χ3n) is 2.28. The first-order chi connectivity index (χ1) is 8.42. The van der Waals surface area contributed by atoms with E-state index in [-0.39, 0.29) is 14.0 Å². The summed E-state index contributed by atoms with van der Waals surface area (Å²) in [6.07, 6.45) is 3.84. The first-order valence-corrected chi connectivity index (χ1v) is 6.35. The Hall–Kier alpha value is -1.36. The van der Waals surface area contributed by atoms with E-state index in [2.05, 4.69) is 22.2 Å². The van der Waals surface area contributed by atoms with Crippen molar-refractivity contribution in [3.63, 3.8) is 0 Å². The van der Waals surface area contributed by atoms with E-state index in [0.29, 0.717) is 17.4 Å². The van der Waals surface area contributed by atoms with E-state index < -0.39 is 5.60 Å². The Balaban J connectivity index is 0.00000324. The SMILES string of the molecule is C.CCCCNc1nc(C)ncc1OCC(C)(C)O. The molecule has 1 rings (SSSR count). The number of anilines is 1. The number of unbranched alkanes of at least 4 members (excludes halogenated alkanes) is 1. The summed E-state index contributed by atoms with van der Waals surface area (Å²) in [5, 5.41) is 12.9. The van der Waals surface area contributed by atoms with E-state index in [1.807, 2.05) is 6.92 Å². The molecule has 0 spiro atoms. The molecule has 0 aromatic carbocycles. The van der Waals surface area contributed by atoms with Crippen LogP contribution in [0.15, 0.2) is 6.20 Å². The summed E-state index contributed by atoms with van der Waals surface area (Å²) in [7, 11) is 0. The first kappa shape index (κ1) is 17.6. The Labute approximate surface area is 116 Å². The fraction of sp³-hybridized carbons (Fsp3) is 0.714. The van der Waals surface area contributed by atoms with Gasteiger partial charge < -0.3 is 15.2 Å². The number of ether oxygens (including phenoxy) is 1. The van der Waals surface area contributed by atoms with Crippen LogP contribution in [0.2, 0.25) is 0 Å². The summed E-state index contributed by atoms with van der Waals surface area (Å²) in [6, 6.07) is 0. The van der Waals surface area contributed by atoms with Crippen LogP contribution in [0.4, 0.5) is 5.82 Å². The number of hydrogen-bond donors (Lipinski definition) is 2. The van der Waals surface area contributed by atoms with Crippen molar-refractivity contribution in [2.75, 3.05) is 18.5 Å². The van der Waals surface area contributed by atoms with Crippen molar-refractivity contribution in [1.82, 2.24) is 9.97 Å². The van der Waals surface area contributed by atoms with Crippen molar-refractivity contribution in [1.29, 1.82) is 0 Å². The van der Waals surface area contributed by atoms with Gasteiger partial charge in [-0.1, -0.05) is 20.8 Å². The van der Waals surface area contributed by atoms with Crippen molar-refractivity contribution in [2.24, 2.45) is 0 Å². The predicted molar refractivity (Wildman–Crippen MR) is 78.7 cm³/mol. The lowest BCUT2D eigenvalue weighted by atomic mass is 10.2. The summed E-state index contributed by atoms with van der Waals surface area (Å²) in [5.74, 6) is 1.98. The van der Waals surface area contributed by atoms with Gasteiger partial charge in [-0.3, -0.25) is 0 Å². The molecule has 0 radical (unpaired) electrons. The van der Waals surface area contributed by atoms with E-state index in [1.165, 1.54) is 0 Å². The number of hydrogen-bond acceptors (Lipinski definition) is 5. The Bertz CT molecular complexity index is 375. The zero-order chi connectivity index (χ0) is 13.6. The minimum Gasteiger partial charge on any atom is -0.485 e. The highest BCUT2D eigenvalue weighted by Gasteiger charge is 2.15. The van der Waals surface area contributed by atoms with Crippen molar-refractivity contribution in [2.45, 2.75) is 53.6 Å². The second-order valence-electron chi connectivity index (χ2n) is 5.01. The summed E-state index contributed by atoms with van der Waals surface area (Å²) in [5.41, 5.74) is -0.869. The molecule has 110 valence electrons. The molecule has 0 unspecified atom stereocenters. The van der Waals surface area contributed by atoms with E-state index >= 15 is 0 Å². The van der Waals surface area contributed by atoms with Crippen LogP contribution in [0.25, 0.3) is 0 Å². The maximum atomic E-state index is 9.65. The highest BCUT2D eigenvalue weighted by Crippen LogP contribution is 2.22. The van der Waals surface area contributed by atoms with Gasteiger partial charge in [0.25, 0.3) is 0 Å². The minimum absolute atomic E-state index is 0. The van der Waals surface area contributed by atoms with Gasteiger partial charge >= 0.3 is 0 Å². The Morgan fingerprint density at radius 3 is 2.68 bits per heavy atom. The molecule has 0 fully saturated rings. The molecular weight excluding hydrogens is 242 g/mol. The third kappa shape index (κ3) is 6.96. The summed E-state index contributed by atoms with van der Waals surface area (Å²) in [4.78, 5) is 8.43. The third-order valence-corrected chi connectivity index (χ3v) is 2.28. The van der Waals surface area contributed by atoms with Crippen LogP contribution in [0, 0.1) is 6.92 Å². The van der Waals surface area contributed by atoms with Crippen LogP contribution < -0.4 is 10.1 Å². The molecule has 1 aromatic rings. The normalized spacial score (nSPS) is 10.8. The van der Waals surface area contributed by atoms with Gasteiger partial charge in [-0.2, -0.15) is 0 Å². The van der Waals surface area contributed by atoms with Gasteiger partial charge in [-0.25, -0.2) is 9.97 Å². The van der Waals surface area contributed by atoms with E-state index in [0.717, 1.165) is 19.4 Å². The van der Waals surface area contributed by atoms with Crippen LogP contribution in [-0.4, -0.2) is 33.8 Å². The number of nitrogens with zero attached hydrogens (tertiary/aromatic N) is 2. The molecule has 0 bridgehead atoms. The second kappa shape index (κ2) is 7.94. The standard InChI is InChI=1S/C13H23N3O2.CH4/c1-5-6-7-14-12-11(8-15-10(2)16-12)18-9-13(3,4)17;/h8,17H,5-7,9H2,1-4H3,(H,14,15,16);1H4. The summed E-state index contributed by atoms with van der Waals surface area (Å²) in [6.45, 7) is 8.44. The molecule has 5 nitrogen and oxygen atoms in total. The van der Waals surface area contributed by atoms with Crippen LogP contribution in [-0.2, 0) is 0 Å². The number of aromatic nitrogens is 2. The lowest BCUT2D eigenvalue weighted by molar-refractivity contribution is 0.0285. The average molecular weight is 269 g/mol. The lowest BCUT2D eigenvalue weighted by Gasteiger charge is -2.19. The molecule has 0 amide bonds. The maximum Gasteiger partial charge on any atom is 0.180 e. The van der Waals surface area contributed by atoms with Crippen molar-refractivity contribution in [3.8, 4) is 5.75 Å². The molecule has 19 heavy (non-hydrogen) atoms. The van der Waals surface area contributed by atoms with Crippen molar-refractivity contribution < 1.29 is 9.84 Å². The Kier molecular flexibility index (Phi) is 7.37. The summed E-state index contributed by atoms with van der Waals surface area (Å²) < 4.78 is 5.55. The smallest absolute Gasteiger partial charge is 0.180 e. The van der Waals surface area contributed by atoms with Gasteiger partial charge in [0.05, 0.1) is 11.8 Å². The lowest BCUT2D eigenvalue weighted by Crippen LogP contribution is -2.28. The van der Waals surface area contributed by atoms with Crippen molar-refractivity contribution in [3.05, 3.63) is 12.0 Å². The molecule has 5 heteroatoms. The molecule has 0 atom stereocenters. The van der Waals surface area contributed by atoms with Crippen molar-refractivity contribution >= 4 is 5.82 Å². The van der Waals surface area contributed by atoms with Crippen LogP contribution in [0.1, 0.15) is 46.9 Å². The quantitative estimate of drug-likeness (QED) is 0.745. The van der Waals surface area contributed by atoms with Crippen LogP contribution >= 0.6 is 0 Å². The van der Waals surface area contributed by atoms with Crippen LogP contribution in [0.3, 0.4) is 0 Å². The number of aryl methyl sites for hydroxylation is 1. The highest BCUT2D eigenvalue weighted by atomic mass is 16.5. The van der Waals surface area contributed by atoms with E-state index in [4.69, 9.17) is 4.74 Å². The maximum absolute atomic E-state index is 9.65. The average Bonchev–Trinajstić information content (AvgIpc) is 2.27. The van der Waals surface area contributed by atoms with Gasteiger partial charge in [0.15, 0.2) is 11.6 Å². The largest absolute Gasteiger partial charge is 0.485 e. The van der Waals surface area contributed by atoms with Gasteiger partial charge in [-0.15, -0.1) is 0 Å². The van der Waals surface area contributed by atoms with Gasteiger partial charge in [0.2, 0.25) is 0 Å². The molecular formula is C14H27N3O2. The Morgan fingerprint density at radius 2 is 2.11 bits per heavy atom. The van der Waals surface area contributed by atoms with Crippen LogP contribution in [0.5, 0.6) is 5.75 Å².